The third-order valence-electron chi connectivity index (χ3n) is 7.08. The Morgan fingerprint density at radius 2 is 1.92 bits per heavy atom. The maximum atomic E-state index is 14.8. The highest BCUT2D eigenvalue weighted by atomic mass is 35.5. The predicted octanol–water partition coefficient (Wildman–Crippen LogP) is 1.35. The van der Waals surface area contributed by atoms with Crippen molar-refractivity contribution in [2.75, 3.05) is 44.3 Å². The van der Waals surface area contributed by atoms with Gasteiger partial charge in [0.15, 0.2) is 11.2 Å². The van der Waals surface area contributed by atoms with Crippen LogP contribution in [0.4, 0.5) is 10.3 Å². The van der Waals surface area contributed by atoms with Crippen LogP contribution in [0.3, 0.4) is 0 Å². The summed E-state index contributed by atoms with van der Waals surface area (Å²) in [6, 6.07) is 4.42. The molecule has 1 amide bonds. The zero-order valence-electron chi connectivity index (χ0n) is 20.2. The first-order chi connectivity index (χ1) is 17.3. The number of hydrogen-bond donors (Lipinski definition) is 0. The Labute approximate surface area is 211 Å². The van der Waals surface area contributed by atoms with Gasteiger partial charge in [0, 0.05) is 50.9 Å². The average molecular weight is 519 g/mol. The van der Waals surface area contributed by atoms with Crippen LogP contribution >= 0.6 is 11.6 Å². The van der Waals surface area contributed by atoms with Crippen molar-refractivity contribution in [2.45, 2.75) is 19.4 Å². The van der Waals surface area contributed by atoms with Crippen molar-refractivity contribution in [3.63, 3.8) is 0 Å². The maximum Gasteiger partial charge on any atom is 0.332 e. The Bertz CT molecular complexity index is 1420. The van der Waals surface area contributed by atoms with Gasteiger partial charge < -0.3 is 14.5 Å². The quantitative estimate of drug-likeness (QED) is 0.517. The summed E-state index contributed by atoms with van der Waals surface area (Å²) >= 11 is 6.33. The van der Waals surface area contributed by atoms with Gasteiger partial charge in [-0.15, -0.1) is 0 Å². The van der Waals surface area contributed by atoms with Gasteiger partial charge in [0.05, 0.1) is 25.7 Å². The molecule has 5 rings (SSSR count). The van der Waals surface area contributed by atoms with E-state index in [1.807, 2.05) is 9.80 Å². The van der Waals surface area contributed by atoms with Gasteiger partial charge in [-0.1, -0.05) is 17.7 Å². The first-order valence-corrected chi connectivity index (χ1v) is 12.4. The highest BCUT2D eigenvalue weighted by Gasteiger charge is 2.33. The number of anilines is 1. The molecule has 2 aliphatic rings. The third-order valence-corrected chi connectivity index (χ3v) is 7.44. The number of fused-ring (bicyclic) bond motifs is 1. The number of carbonyl (C=O) groups excluding carboxylic acids is 1. The number of nitrogens with zero attached hydrogens (tertiary/aromatic N) is 6. The van der Waals surface area contributed by atoms with Gasteiger partial charge in [-0.3, -0.25) is 23.3 Å². The molecular weight excluding hydrogens is 491 g/mol. The SMILES string of the molecule is Cn1c(=O)c2c(nc(N3CCCC(C(=O)N4CCOCC4)C3)n2Cc2c(F)cccc2Cl)n(C)c1=O. The highest BCUT2D eigenvalue weighted by Crippen LogP contribution is 2.29. The molecule has 4 heterocycles. The van der Waals surface area contributed by atoms with Crippen molar-refractivity contribution in [3.05, 3.63) is 55.4 Å². The predicted molar refractivity (Wildman–Crippen MR) is 133 cm³/mol. The average Bonchev–Trinajstić information content (AvgIpc) is 3.28. The monoisotopic (exact) mass is 518 g/mol. The number of rotatable bonds is 4. The van der Waals surface area contributed by atoms with Crippen molar-refractivity contribution in [1.82, 2.24) is 23.6 Å². The lowest BCUT2D eigenvalue weighted by Gasteiger charge is -2.36. The standard InChI is InChI=1S/C24H28ClFN6O4/c1-28-20-19(22(34)29(2)24(28)35)32(14-16-17(25)6-3-7-18(16)26)23(27-20)31-8-4-5-15(13-31)21(33)30-9-11-36-12-10-30/h3,6-7,15H,4-5,8-14H2,1-2H3. The summed E-state index contributed by atoms with van der Waals surface area (Å²) in [6.45, 7) is 3.14. The van der Waals surface area contributed by atoms with Crippen LogP contribution < -0.4 is 16.1 Å². The van der Waals surface area contributed by atoms with Crippen LogP contribution in [-0.4, -0.2) is 68.9 Å². The number of piperidine rings is 1. The zero-order chi connectivity index (χ0) is 25.6. The van der Waals surface area contributed by atoms with Crippen molar-refractivity contribution >= 4 is 34.6 Å². The molecule has 0 spiro atoms. The minimum absolute atomic E-state index is 0.0522. The first-order valence-electron chi connectivity index (χ1n) is 12.0. The molecule has 1 atom stereocenters. The van der Waals surface area contributed by atoms with Crippen LogP contribution in [0.2, 0.25) is 5.02 Å². The van der Waals surface area contributed by atoms with Crippen LogP contribution in [0, 0.1) is 11.7 Å². The van der Waals surface area contributed by atoms with E-state index in [9.17, 15) is 18.8 Å². The molecule has 2 fully saturated rings. The summed E-state index contributed by atoms with van der Waals surface area (Å²) in [6.07, 6.45) is 1.49. The minimum atomic E-state index is -0.530. The summed E-state index contributed by atoms with van der Waals surface area (Å²) in [5, 5.41) is 0.225. The second-order valence-corrected chi connectivity index (χ2v) is 9.71. The normalized spacial score (nSPS) is 18.7. The van der Waals surface area contributed by atoms with E-state index in [0.717, 1.165) is 17.4 Å². The lowest BCUT2D eigenvalue weighted by atomic mass is 9.96. The van der Waals surface area contributed by atoms with Gasteiger partial charge in [0.25, 0.3) is 5.56 Å². The Hall–Kier alpha value is -3.18. The molecule has 2 aliphatic heterocycles. The maximum absolute atomic E-state index is 14.8. The van der Waals surface area contributed by atoms with E-state index in [-0.39, 0.29) is 40.1 Å². The van der Waals surface area contributed by atoms with E-state index in [1.54, 1.807) is 17.7 Å². The molecule has 12 heteroatoms. The minimum Gasteiger partial charge on any atom is -0.378 e. The zero-order valence-corrected chi connectivity index (χ0v) is 21.0. The number of amides is 1. The molecule has 0 saturated carbocycles. The van der Waals surface area contributed by atoms with Gasteiger partial charge >= 0.3 is 5.69 Å². The third kappa shape index (κ3) is 4.20. The molecule has 2 saturated heterocycles. The van der Waals surface area contributed by atoms with E-state index in [0.29, 0.717) is 45.3 Å². The van der Waals surface area contributed by atoms with Gasteiger partial charge in [0.2, 0.25) is 11.9 Å². The van der Waals surface area contributed by atoms with E-state index in [4.69, 9.17) is 16.3 Å². The number of aryl methyl sites for hydroxylation is 1. The number of hydrogen-bond acceptors (Lipinski definition) is 6. The van der Waals surface area contributed by atoms with Gasteiger partial charge in [0.1, 0.15) is 5.82 Å². The molecule has 0 N–H and O–H groups in total. The fourth-order valence-corrected chi connectivity index (χ4v) is 5.29. The molecule has 192 valence electrons. The van der Waals surface area contributed by atoms with E-state index in [1.165, 1.54) is 23.7 Å². The Kier molecular flexibility index (Phi) is 6.60. The van der Waals surface area contributed by atoms with E-state index >= 15 is 0 Å². The first kappa shape index (κ1) is 24.5. The van der Waals surface area contributed by atoms with Crippen molar-refractivity contribution in [1.29, 1.82) is 0 Å². The molecule has 36 heavy (non-hydrogen) atoms. The van der Waals surface area contributed by atoms with Crippen LogP contribution in [0.1, 0.15) is 18.4 Å². The smallest absolute Gasteiger partial charge is 0.332 e. The molecule has 1 unspecified atom stereocenters. The molecule has 0 aliphatic carbocycles. The van der Waals surface area contributed by atoms with Gasteiger partial charge in [-0.05, 0) is 25.0 Å². The highest BCUT2D eigenvalue weighted by molar-refractivity contribution is 6.31. The Morgan fingerprint density at radius 1 is 1.17 bits per heavy atom. The molecule has 2 aromatic heterocycles. The van der Waals surface area contributed by atoms with Crippen LogP contribution in [-0.2, 0) is 30.2 Å². The summed E-state index contributed by atoms with van der Waals surface area (Å²) in [5.41, 5.74) is -0.444. The molecule has 0 bridgehead atoms. The topological polar surface area (TPSA) is 94.6 Å². The Morgan fingerprint density at radius 3 is 2.64 bits per heavy atom. The summed E-state index contributed by atoms with van der Waals surface area (Å²) in [4.78, 5) is 47.5. The van der Waals surface area contributed by atoms with Gasteiger partial charge in [-0.25, -0.2) is 9.18 Å². The molecule has 0 radical (unpaired) electrons. The number of halogens is 2. The number of morpholine rings is 1. The van der Waals surface area contributed by atoms with E-state index in [2.05, 4.69) is 4.98 Å². The largest absolute Gasteiger partial charge is 0.378 e. The fraction of sp³-hybridized carbons (Fsp3) is 0.500. The number of aromatic nitrogens is 4. The molecule has 10 nitrogen and oxygen atoms in total. The number of ether oxygens (including phenoxy) is 1. The summed E-state index contributed by atoms with van der Waals surface area (Å²) in [7, 11) is 2.94. The fourth-order valence-electron chi connectivity index (χ4n) is 5.07. The molecule has 1 aromatic carbocycles. The van der Waals surface area contributed by atoms with E-state index < -0.39 is 17.1 Å². The summed E-state index contributed by atoms with van der Waals surface area (Å²) < 4.78 is 24.1. The Balaban J connectivity index is 1.60. The van der Waals surface area contributed by atoms with Crippen LogP contribution in [0.25, 0.3) is 11.2 Å². The van der Waals surface area contributed by atoms with Crippen LogP contribution in [0.5, 0.6) is 0 Å². The van der Waals surface area contributed by atoms with Crippen molar-refractivity contribution in [2.24, 2.45) is 20.0 Å². The molecule has 3 aromatic rings. The second kappa shape index (κ2) is 9.70. The van der Waals surface area contributed by atoms with Crippen molar-refractivity contribution < 1.29 is 13.9 Å². The second-order valence-electron chi connectivity index (χ2n) is 9.30. The number of benzene rings is 1. The molecular formula is C24H28ClFN6O4. The van der Waals surface area contributed by atoms with Crippen LogP contribution in [0.15, 0.2) is 27.8 Å². The number of carbonyl (C=O) groups is 1. The summed E-state index contributed by atoms with van der Waals surface area (Å²) in [5.74, 6) is -0.266. The lowest BCUT2D eigenvalue weighted by Crippen LogP contribution is -2.48. The number of imidazole rings is 1. The van der Waals surface area contributed by atoms with Gasteiger partial charge in [-0.2, -0.15) is 4.98 Å². The van der Waals surface area contributed by atoms with Crippen molar-refractivity contribution in [3.8, 4) is 0 Å². The lowest BCUT2D eigenvalue weighted by molar-refractivity contribution is -0.139.